The zero-order valence-electron chi connectivity index (χ0n) is 12.3. The predicted molar refractivity (Wildman–Crippen MR) is 89.1 cm³/mol. The zero-order chi connectivity index (χ0) is 14.7. The van der Waals surface area contributed by atoms with Crippen molar-refractivity contribution in [1.29, 1.82) is 0 Å². The molecule has 0 radical (unpaired) electrons. The van der Waals surface area contributed by atoms with Crippen LogP contribution in [0.1, 0.15) is 35.9 Å². The summed E-state index contributed by atoms with van der Waals surface area (Å²) in [4.78, 5) is 1.28. The van der Waals surface area contributed by atoms with Gasteiger partial charge in [-0.15, -0.1) is 11.8 Å². The van der Waals surface area contributed by atoms with Crippen molar-refractivity contribution in [2.24, 2.45) is 5.73 Å². The molecule has 1 aliphatic heterocycles. The molecule has 1 aliphatic rings. The molecule has 2 unspecified atom stereocenters. The third-order valence-corrected chi connectivity index (χ3v) is 4.91. The first kappa shape index (κ1) is 14.5. The van der Waals surface area contributed by atoms with Gasteiger partial charge in [-0.05, 0) is 54.3 Å². The van der Waals surface area contributed by atoms with E-state index in [-0.39, 0.29) is 6.04 Å². The number of hydrogen-bond acceptors (Lipinski definition) is 3. The fourth-order valence-corrected chi connectivity index (χ4v) is 3.36. The minimum Gasteiger partial charge on any atom is -0.493 e. The van der Waals surface area contributed by atoms with Gasteiger partial charge in [0.15, 0.2) is 0 Å². The van der Waals surface area contributed by atoms with Crippen LogP contribution in [0.3, 0.4) is 0 Å². The maximum absolute atomic E-state index is 6.43. The summed E-state index contributed by atoms with van der Waals surface area (Å²) in [6.45, 7) is 0.791. The summed E-state index contributed by atoms with van der Waals surface area (Å²) < 4.78 is 5.73. The molecule has 0 bridgehead atoms. The largest absolute Gasteiger partial charge is 0.493 e. The van der Waals surface area contributed by atoms with E-state index in [0.717, 1.165) is 25.2 Å². The van der Waals surface area contributed by atoms with E-state index in [9.17, 15) is 0 Å². The average molecular weight is 299 g/mol. The number of para-hydroxylation sites is 1. The van der Waals surface area contributed by atoms with Crippen molar-refractivity contribution in [1.82, 2.24) is 0 Å². The first-order chi connectivity index (χ1) is 10.3. The lowest BCUT2D eigenvalue weighted by Gasteiger charge is -2.28. The highest BCUT2D eigenvalue weighted by atomic mass is 32.2. The van der Waals surface area contributed by atoms with E-state index in [4.69, 9.17) is 10.5 Å². The fourth-order valence-electron chi connectivity index (χ4n) is 2.95. The summed E-state index contributed by atoms with van der Waals surface area (Å²) in [5.41, 5.74) is 8.95. The Morgan fingerprint density at radius 2 is 1.95 bits per heavy atom. The van der Waals surface area contributed by atoms with Crippen LogP contribution in [0.4, 0.5) is 0 Å². The zero-order valence-corrected chi connectivity index (χ0v) is 13.1. The summed E-state index contributed by atoms with van der Waals surface area (Å²) in [6, 6.07) is 17.0. The summed E-state index contributed by atoms with van der Waals surface area (Å²) in [5.74, 6) is 1.52. The fraction of sp³-hybridized carbons (Fsp3) is 0.333. The molecular formula is C18H21NOS. The number of fused-ring (bicyclic) bond motifs is 1. The van der Waals surface area contributed by atoms with Crippen molar-refractivity contribution in [2.75, 3.05) is 12.9 Å². The highest BCUT2D eigenvalue weighted by Crippen LogP contribution is 2.38. The van der Waals surface area contributed by atoms with Crippen molar-refractivity contribution in [3.05, 3.63) is 59.7 Å². The normalized spacial score (nSPS) is 18.7. The molecule has 0 aromatic heterocycles. The molecule has 21 heavy (non-hydrogen) atoms. The van der Waals surface area contributed by atoms with Crippen molar-refractivity contribution in [3.63, 3.8) is 0 Å². The maximum Gasteiger partial charge on any atom is 0.122 e. The van der Waals surface area contributed by atoms with Gasteiger partial charge < -0.3 is 10.5 Å². The number of rotatable bonds is 4. The van der Waals surface area contributed by atoms with Crippen LogP contribution in [0.2, 0.25) is 0 Å². The number of benzene rings is 2. The Labute approximate surface area is 130 Å². The first-order valence-corrected chi connectivity index (χ1v) is 8.61. The molecule has 0 saturated heterocycles. The first-order valence-electron chi connectivity index (χ1n) is 7.39. The standard InChI is InChI=1S/C18H21NOS/c1-21-15-8-6-13(7-9-15)17(19)12-14-10-11-20-18-5-3-2-4-16(14)18/h2-9,14,17H,10-12,19H2,1H3. The molecule has 3 heteroatoms. The molecule has 2 aromatic carbocycles. The Kier molecular flexibility index (Phi) is 4.51. The predicted octanol–water partition coefficient (Wildman–Crippen LogP) is 4.36. The SMILES string of the molecule is CSc1ccc(C(N)CC2CCOc3ccccc32)cc1. The highest BCUT2D eigenvalue weighted by Gasteiger charge is 2.23. The van der Waals surface area contributed by atoms with Crippen LogP contribution in [0.25, 0.3) is 0 Å². The molecule has 3 rings (SSSR count). The molecule has 0 fully saturated rings. The van der Waals surface area contributed by atoms with Crippen LogP contribution >= 0.6 is 11.8 Å². The smallest absolute Gasteiger partial charge is 0.122 e. The van der Waals surface area contributed by atoms with Crippen LogP contribution in [0.5, 0.6) is 5.75 Å². The van der Waals surface area contributed by atoms with Gasteiger partial charge in [-0.2, -0.15) is 0 Å². The van der Waals surface area contributed by atoms with Crippen LogP contribution in [-0.2, 0) is 0 Å². The molecule has 110 valence electrons. The Morgan fingerprint density at radius 3 is 2.71 bits per heavy atom. The molecule has 2 aromatic rings. The summed E-state index contributed by atoms with van der Waals surface area (Å²) in [7, 11) is 0. The van der Waals surface area contributed by atoms with Crippen LogP contribution in [0.15, 0.2) is 53.4 Å². The molecule has 2 nitrogen and oxygen atoms in total. The van der Waals surface area contributed by atoms with E-state index in [1.807, 2.05) is 6.07 Å². The van der Waals surface area contributed by atoms with E-state index in [0.29, 0.717) is 5.92 Å². The van der Waals surface area contributed by atoms with E-state index in [1.165, 1.54) is 16.0 Å². The van der Waals surface area contributed by atoms with Crippen molar-refractivity contribution >= 4 is 11.8 Å². The molecule has 2 N–H and O–H groups in total. The second-order valence-corrected chi connectivity index (χ2v) is 6.37. The van der Waals surface area contributed by atoms with Gasteiger partial charge in [0.1, 0.15) is 5.75 Å². The number of thioether (sulfide) groups is 1. The van der Waals surface area contributed by atoms with E-state index >= 15 is 0 Å². The van der Waals surface area contributed by atoms with Crippen LogP contribution in [-0.4, -0.2) is 12.9 Å². The molecule has 0 saturated carbocycles. The van der Waals surface area contributed by atoms with Gasteiger partial charge in [-0.1, -0.05) is 30.3 Å². The lowest BCUT2D eigenvalue weighted by atomic mass is 9.86. The van der Waals surface area contributed by atoms with Crippen molar-refractivity contribution < 1.29 is 4.74 Å². The van der Waals surface area contributed by atoms with Crippen molar-refractivity contribution in [3.8, 4) is 5.75 Å². The van der Waals surface area contributed by atoms with Gasteiger partial charge >= 0.3 is 0 Å². The lowest BCUT2D eigenvalue weighted by Crippen LogP contribution is -2.20. The maximum atomic E-state index is 6.43. The van der Waals surface area contributed by atoms with E-state index in [2.05, 4.69) is 48.7 Å². The Hall–Kier alpha value is -1.45. The Morgan fingerprint density at radius 1 is 1.19 bits per heavy atom. The number of nitrogens with two attached hydrogens (primary N) is 1. The minimum absolute atomic E-state index is 0.0806. The van der Waals surface area contributed by atoms with Gasteiger partial charge in [0, 0.05) is 10.9 Å². The summed E-state index contributed by atoms with van der Waals surface area (Å²) >= 11 is 1.76. The second-order valence-electron chi connectivity index (χ2n) is 5.49. The van der Waals surface area contributed by atoms with Gasteiger partial charge in [0.05, 0.1) is 6.61 Å². The monoisotopic (exact) mass is 299 g/mol. The molecule has 2 atom stereocenters. The van der Waals surface area contributed by atoms with Gasteiger partial charge in [-0.3, -0.25) is 0 Å². The lowest BCUT2D eigenvalue weighted by molar-refractivity contribution is 0.259. The third kappa shape index (κ3) is 3.25. The molecule has 0 aliphatic carbocycles. The highest BCUT2D eigenvalue weighted by molar-refractivity contribution is 7.98. The quantitative estimate of drug-likeness (QED) is 0.852. The molecule has 0 spiro atoms. The molecule has 1 heterocycles. The Balaban J connectivity index is 1.74. The van der Waals surface area contributed by atoms with Gasteiger partial charge in [-0.25, -0.2) is 0 Å². The average Bonchev–Trinajstić information content (AvgIpc) is 2.55. The van der Waals surface area contributed by atoms with Gasteiger partial charge in [0.2, 0.25) is 0 Å². The third-order valence-electron chi connectivity index (χ3n) is 4.17. The molecular weight excluding hydrogens is 278 g/mol. The minimum atomic E-state index is 0.0806. The van der Waals surface area contributed by atoms with Crippen molar-refractivity contribution in [2.45, 2.75) is 29.7 Å². The van der Waals surface area contributed by atoms with Crippen LogP contribution in [0, 0.1) is 0 Å². The van der Waals surface area contributed by atoms with Gasteiger partial charge in [0.25, 0.3) is 0 Å². The number of hydrogen-bond donors (Lipinski definition) is 1. The summed E-state index contributed by atoms with van der Waals surface area (Å²) in [5, 5.41) is 0. The van der Waals surface area contributed by atoms with E-state index < -0.39 is 0 Å². The Bertz CT molecular complexity index is 596. The summed E-state index contributed by atoms with van der Waals surface area (Å²) in [6.07, 6.45) is 4.11. The molecule has 0 amide bonds. The van der Waals surface area contributed by atoms with E-state index in [1.54, 1.807) is 11.8 Å². The second kappa shape index (κ2) is 6.54. The number of ether oxygens (including phenoxy) is 1. The topological polar surface area (TPSA) is 35.2 Å². The van der Waals surface area contributed by atoms with Crippen LogP contribution < -0.4 is 10.5 Å².